The van der Waals surface area contributed by atoms with E-state index in [0.29, 0.717) is 22.5 Å². The molecule has 1 aliphatic heterocycles. The molecule has 4 rings (SSSR count). The second kappa shape index (κ2) is 7.47. The summed E-state index contributed by atoms with van der Waals surface area (Å²) in [6.07, 6.45) is -1.89. The first-order valence-electron chi connectivity index (χ1n) is 9.31. The van der Waals surface area contributed by atoms with Gasteiger partial charge in [-0.05, 0) is 37.1 Å². The first-order valence-corrected chi connectivity index (χ1v) is 9.31. The quantitative estimate of drug-likeness (QED) is 0.651. The predicted octanol–water partition coefficient (Wildman–Crippen LogP) is 3.39. The molecule has 0 bridgehead atoms. The number of fused-ring (bicyclic) bond motifs is 1. The van der Waals surface area contributed by atoms with E-state index in [9.17, 15) is 14.4 Å². The van der Waals surface area contributed by atoms with E-state index < -0.39 is 24.0 Å². The Bertz CT molecular complexity index is 1100. The molecule has 0 saturated carbocycles. The smallest absolute Gasteiger partial charge is 0.405 e. The van der Waals surface area contributed by atoms with E-state index in [1.807, 2.05) is 26.0 Å². The van der Waals surface area contributed by atoms with Gasteiger partial charge in [0.1, 0.15) is 11.9 Å². The topological polar surface area (TPSA) is 116 Å². The van der Waals surface area contributed by atoms with Crippen LogP contribution in [0.2, 0.25) is 0 Å². The minimum absolute atomic E-state index is 0.139. The molecule has 152 valence electrons. The zero-order valence-electron chi connectivity index (χ0n) is 16.4. The molecule has 2 N–H and O–H groups in total. The number of rotatable bonds is 5. The van der Waals surface area contributed by atoms with Crippen molar-refractivity contribution >= 4 is 17.9 Å². The molecule has 3 aromatic rings. The van der Waals surface area contributed by atoms with Gasteiger partial charge in [-0.15, -0.1) is 0 Å². The van der Waals surface area contributed by atoms with Crippen LogP contribution in [0.5, 0.6) is 0 Å². The number of aryl methyl sites for hydroxylation is 2. The summed E-state index contributed by atoms with van der Waals surface area (Å²) in [5.74, 6) is -0.168. The number of nitrogens with zero attached hydrogens (tertiary/aromatic N) is 2. The highest BCUT2D eigenvalue weighted by atomic mass is 16.6. The third-order valence-electron chi connectivity index (χ3n) is 5.09. The van der Waals surface area contributed by atoms with Crippen molar-refractivity contribution in [2.45, 2.75) is 20.0 Å². The molecule has 1 unspecified atom stereocenters. The molecule has 1 aliphatic rings. The molecule has 0 saturated heterocycles. The highest BCUT2D eigenvalue weighted by Crippen LogP contribution is 2.30. The summed E-state index contributed by atoms with van der Waals surface area (Å²) in [6.45, 7) is 3.53. The van der Waals surface area contributed by atoms with Gasteiger partial charge in [-0.2, -0.15) is 0 Å². The fourth-order valence-electron chi connectivity index (χ4n) is 3.68. The van der Waals surface area contributed by atoms with Crippen LogP contribution in [0.3, 0.4) is 0 Å². The van der Waals surface area contributed by atoms with Gasteiger partial charge in [-0.3, -0.25) is 14.5 Å². The Morgan fingerprint density at radius 2 is 1.67 bits per heavy atom. The van der Waals surface area contributed by atoms with Crippen LogP contribution in [-0.2, 0) is 4.74 Å². The SMILES string of the molecule is Cc1noc(C)c1-c1ccc(C(CN2C(=O)c3ccccc3C2=O)OC(N)=O)cc1. The maximum absolute atomic E-state index is 12.7. The lowest BCUT2D eigenvalue weighted by molar-refractivity contribution is 0.0488. The van der Waals surface area contributed by atoms with Crippen molar-refractivity contribution in [1.29, 1.82) is 0 Å². The van der Waals surface area contributed by atoms with Crippen molar-refractivity contribution in [3.05, 3.63) is 76.7 Å². The van der Waals surface area contributed by atoms with Gasteiger partial charge >= 0.3 is 6.09 Å². The zero-order valence-corrected chi connectivity index (χ0v) is 16.4. The van der Waals surface area contributed by atoms with Crippen LogP contribution in [0.15, 0.2) is 53.1 Å². The number of carbonyl (C=O) groups is 3. The first-order chi connectivity index (χ1) is 14.4. The number of hydrogen-bond acceptors (Lipinski definition) is 6. The van der Waals surface area contributed by atoms with Crippen molar-refractivity contribution in [3.8, 4) is 11.1 Å². The van der Waals surface area contributed by atoms with Gasteiger partial charge in [0.05, 0.1) is 23.4 Å². The lowest BCUT2D eigenvalue weighted by atomic mass is 10.0. The van der Waals surface area contributed by atoms with Gasteiger partial charge in [0.2, 0.25) is 0 Å². The van der Waals surface area contributed by atoms with E-state index in [-0.39, 0.29) is 6.54 Å². The largest absolute Gasteiger partial charge is 0.440 e. The molecule has 30 heavy (non-hydrogen) atoms. The molecule has 8 nitrogen and oxygen atoms in total. The van der Waals surface area contributed by atoms with Crippen molar-refractivity contribution in [1.82, 2.24) is 10.1 Å². The summed E-state index contributed by atoms with van der Waals surface area (Å²) in [5, 5.41) is 3.95. The molecule has 0 spiro atoms. The summed E-state index contributed by atoms with van der Waals surface area (Å²) in [7, 11) is 0. The van der Waals surface area contributed by atoms with Crippen molar-refractivity contribution in [3.63, 3.8) is 0 Å². The van der Waals surface area contributed by atoms with E-state index in [2.05, 4.69) is 5.16 Å². The Hall–Kier alpha value is -3.94. The molecule has 2 heterocycles. The predicted molar refractivity (Wildman–Crippen MR) is 107 cm³/mol. The van der Waals surface area contributed by atoms with Gasteiger partial charge in [0, 0.05) is 5.56 Å². The maximum atomic E-state index is 12.7. The molecule has 3 amide bonds. The molecule has 2 aromatic carbocycles. The highest BCUT2D eigenvalue weighted by molar-refractivity contribution is 6.21. The van der Waals surface area contributed by atoms with E-state index in [1.165, 1.54) is 0 Å². The number of ether oxygens (including phenoxy) is 1. The number of hydrogen-bond donors (Lipinski definition) is 1. The van der Waals surface area contributed by atoms with Crippen LogP contribution >= 0.6 is 0 Å². The van der Waals surface area contributed by atoms with E-state index in [0.717, 1.165) is 21.7 Å². The lowest BCUT2D eigenvalue weighted by Crippen LogP contribution is -2.36. The van der Waals surface area contributed by atoms with Gasteiger partial charge in [-0.1, -0.05) is 41.6 Å². The van der Waals surface area contributed by atoms with Gasteiger partial charge in [0.15, 0.2) is 0 Å². The highest BCUT2D eigenvalue weighted by Gasteiger charge is 2.37. The molecular weight excluding hydrogens is 386 g/mol. The summed E-state index contributed by atoms with van der Waals surface area (Å²) < 4.78 is 10.4. The van der Waals surface area contributed by atoms with Crippen LogP contribution in [0.25, 0.3) is 11.1 Å². The third kappa shape index (κ3) is 3.32. The van der Waals surface area contributed by atoms with Gasteiger partial charge in [-0.25, -0.2) is 4.79 Å². The molecule has 8 heteroatoms. The van der Waals surface area contributed by atoms with Crippen LogP contribution in [0, 0.1) is 13.8 Å². The number of imide groups is 1. The Kier molecular flexibility index (Phi) is 4.83. The average Bonchev–Trinajstić information content (AvgIpc) is 3.19. The number of amides is 3. The van der Waals surface area contributed by atoms with Crippen molar-refractivity contribution < 1.29 is 23.6 Å². The summed E-state index contributed by atoms with van der Waals surface area (Å²) in [4.78, 5) is 37.9. The van der Waals surface area contributed by atoms with Crippen molar-refractivity contribution in [2.75, 3.05) is 6.54 Å². The Balaban J connectivity index is 1.62. The van der Waals surface area contributed by atoms with Gasteiger partial charge in [0.25, 0.3) is 11.8 Å². The minimum Gasteiger partial charge on any atom is -0.440 e. The van der Waals surface area contributed by atoms with E-state index in [1.54, 1.807) is 36.4 Å². The summed E-state index contributed by atoms with van der Waals surface area (Å²) >= 11 is 0. The maximum Gasteiger partial charge on any atom is 0.405 e. The Labute approximate surface area is 172 Å². The zero-order chi connectivity index (χ0) is 21.4. The monoisotopic (exact) mass is 405 g/mol. The first kappa shape index (κ1) is 19.4. The molecule has 0 fully saturated rings. The Morgan fingerprint density at radius 3 is 2.17 bits per heavy atom. The fourth-order valence-corrected chi connectivity index (χ4v) is 3.68. The molecule has 1 atom stereocenters. The molecule has 0 aliphatic carbocycles. The second-order valence-electron chi connectivity index (χ2n) is 7.01. The van der Waals surface area contributed by atoms with E-state index >= 15 is 0 Å². The number of carbonyl (C=O) groups excluding carboxylic acids is 3. The van der Waals surface area contributed by atoms with Crippen LogP contribution in [0.4, 0.5) is 4.79 Å². The summed E-state index contributed by atoms with van der Waals surface area (Å²) in [6, 6.07) is 13.8. The van der Waals surface area contributed by atoms with Crippen LogP contribution in [0.1, 0.15) is 43.8 Å². The van der Waals surface area contributed by atoms with E-state index in [4.69, 9.17) is 15.0 Å². The standard InChI is InChI=1S/C22H19N3O5/c1-12-19(13(2)30-24-12)15-9-7-14(8-10-15)18(29-22(23)28)11-25-20(26)16-5-3-4-6-17(16)21(25)27/h3-10,18H,11H2,1-2H3,(H2,23,28). The minimum atomic E-state index is -0.994. The van der Waals surface area contributed by atoms with Gasteiger partial charge < -0.3 is 15.0 Å². The lowest BCUT2D eigenvalue weighted by Gasteiger charge is -2.22. The number of primary amides is 1. The number of benzene rings is 2. The molecular formula is C22H19N3O5. The van der Waals surface area contributed by atoms with Crippen LogP contribution in [-0.4, -0.2) is 34.5 Å². The molecule has 0 radical (unpaired) electrons. The number of aromatic nitrogens is 1. The fraction of sp³-hybridized carbons (Fsp3) is 0.182. The molecule has 1 aromatic heterocycles. The second-order valence-corrected chi connectivity index (χ2v) is 7.01. The third-order valence-corrected chi connectivity index (χ3v) is 5.09. The van der Waals surface area contributed by atoms with Crippen LogP contribution < -0.4 is 5.73 Å². The average molecular weight is 405 g/mol. The Morgan fingerprint density at radius 1 is 1.07 bits per heavy atom. The normalized spacial score (nSPS) is 14.0. The number of nitrogens with two attached hydrogens (primary N) is 1. The summed E-state index contributed by atoms with van der Waals surface area (Å²) in [5.41, 5.74) is 9.02. The van der Waals surface area contributed by atoms with Crippen molar-refractivity contribution in [2.24, 2.45) is 5.73 Å².